The number of carbonyl (C=O) groups excluding carboxylic acids is 2. The van der Waals surface area contributed by atoms with Crippen molar-refractivity contribution in [2.24, 2.45) is 0 Å². The minimum absolute atomic E-state index is 0.0100. The molecule has 10 heteroatoms. The summed E-state index contributed by atoms with van der Waals surface area (Å²) >= 11 is 0. The van der Waals surface area contributed by atoms with Crippen LogP contribution in [0.15, 0.2) is 0 Å². The summed E-state index contributed by atoms with van der Waals surface area (Å²) in [5, 5.41) is 10.9. The summed E-state index contributed by atoms with van der Waals surface area (Å²) in [6, 6.07) is -1.15. The Hall–Kier alpha value is -1.44. The molecule has 1 amide bonds. The van der Waals surface area contributed by atoms with Crippen LogP contribution in [0.2, 0.25) is 0 Å². The number of carbonyl (C=O) groups is 3. The van der Waals surface area contributed by atoms with Crippen molar-refractivity contribution in [3.63, 3.8) is 0 Å². The molecule has 0 heterocycles. The van der Waals surface area contributed by atoms with Crippen LogP contribution in [0.5, 0.6) is 0 Å². The normalized spacial score (nSPS) is 12.6. The van der Waals surface area contributed by atoms with Crippen molar-refractivity contribution >= 4 is 25.7 Å². The Morgan fingerprint density at radius 2 is 1.89 bits per heavy atom. The number of hydrogen-bond acceptors (Lipinski definition) is 5. The van der Waals surface area contributed by atoms with Crippen LogP contribution in [0.1, 0.15) is 26.2 Å². The van der Waals surface area contributed by atoms with Gasteiger partial charge < -0.3 is 14.9 Å². The van der Waals surface area contributed by atoms with Gasteiger partial charge in [0, 0.05) is 13.3 Å². The fourth-order valence-corrected chi connectivity index (χ4v) is 1.49. The lowest BCUT2D eigenvalue weighted by Gasteiger charge is -2.12. The third kappa shape index (κ3) is 8.68. The summed E-state index contributed by atoms with van der Waals surface area (Å²) in [6.45, 7) is 1.15. The molecule has 0 bridgehead atoms. The molecule has 0 spiro atoms. The lowest BCUT2D eigenvalue weighted by molar-refractivity contribution is -0.142. The second-order valence-electron chi connectivity index (χ2n) is 3.44. The van der Waals surface area contributed by atoms with Gasteiger partial charge in [0.2, 0.25) is 5.91 Å². The summed E-state index contributed by atoms with van der Waals surface area (Å²) in [4.78, 5) is 48.9. The first-order valence-corrected chi connectivity index (χ1v) is 6.42. The van der Waals surface area contributed by atoms with Gasteiger partial charge in [0.25, 0.3) is 0 Å². The van der Waals surface area contributed by atoms with E-state index >= 15 is 0 Å². The first-order valence-electron chi connectivity index (χ1n) is 4.89. The highest BCUT2D eigenvalue weighted by Gasteiger charge is 2.22. The molecule has 1 unspecified atom stereocenters. The fraction of sp³-hybridized carbons (Fsp3) is 0.625. The first-order chi connectivity index (χ1) is 8.11. The summed E-state index contributed by atoms with van der Waals surface area (Å²) in [6.07, 6.45) is -0.393. The van der Waals surface area contributed by atoms with E-state index in [4.69, 9.17) is 14.9 Å². The quantitative estimate of drug-likeness (QED) is 0.451. The lowest BCUT2D eigenvalue weighted by atomic mass is 10.1. The summed E-state index contributed by atoms with van der Waals surface area (Å²) < 4.78 is 14.0. The van der Waals surface area contributed by atoms with E-state index in [-0.39, 0.29) is 19.3 Å². The van der Waals surface area contributed by atoms with Crippen molar-refractivity contribution in [3.05, 3.63) is 0 Å². The molecular formula is C8H14NO8P. The zero-order valence-corrected chi connectivity index (χ0v) is 10.4. The summed E-state index contributed by atoms with van der Waals surface area (Å²) in [5.41, 5.74) is 0. The van der Waals surface area contributed by atoms with Crippen molar-refractivity contribution in [1.82, 2.24) is 5.32 Å². The number of nitrogens with one attached hydrogen (secondary N) is 1. The Kier molecular flexibility index (Phi) is 6.53. The van der Waals surface area contributed by atoms with Crippen LogP contribution in [0.3, 0.4) is 0 Å². The zero-order chi connectivity index (χ0) is 14.3. The zero-order valence-electron chi connectivity index (χ0n) is 9.53. The monoisotopic (exact) mass is 283 g/mol. The van der Waals surface area contributed by atoms with E-state index in [2.05, 4.69) is 9.84 Å². The van der Waals surface area contributed by atoms with Crippen LogP contribution in [0.4, 0.5) is 0 Å². The third-order valence-electron chi connectivity index (χ3n) is 1.77. The molecule has 0 aliphatic heterocycles. The highest BCUT2D eigenvalue weighted by molar-refractivity contribution is 7.46. The lowest BCUT2D eigenvalue weighted by Crippen LogP contribution is -2.39. The molecule has 9 nitrogen and oxygen atoms in total. The SMILES string of the molecule is CC(=O)NC(CCCC(=O)OP(=O)(O)O)C(=O)O. The number of phosphoric acid groups is 1. The van der Waals surface area contributed by atoms with Gasteiger partial charge in [0.1, 0.15) is 6.04 Å². The first kappa shape index (κ1) is 16.6. The van der Waals surface area contributed by atoms with Crippen molar-refractivity contribution in [1.29, 1.82) is 0 Å². The average molecular weight is 283 g/mol. The average Bonchev–Trinajstić information content (AvgIpc) is 2.12. The summed E-state index contributed by atoms with van der Waals surface area (Å²) in [5.74, 6) is -2.91. The fourth-order valence-electron chi connectivity index (χ4n) is 1.13. The van der Waals surface area contributed by atoms with Gasteiger partial charge >= 0.3 is 19.8 Å². The van der Waals surface area contributed by atoms with Crippen molar-refractivity contribution in [3.8, 4) is 0 Å². The van der Waals surface area contributed by atoms with E-state index < -0.39 is 31.7 Å². The van der Waals surface area contributed by atoms with Crippen molar-refractivity contribution < 1.29 is 38.4 Å². The highest BCUT2D eigenvalue weighted by Crippen LogP contribution is 2.36. The largest absolute Gasteiger partial charge is 0.526 e. The highest BCUT2D eigenvalue weighted by atomic mass is 31.2. The molecule has 1 atom stereocenters. The molecule has 0 aromatic rings. The second kappa shape index (κ2) is 7.10. The number of amides is 1. The standard InChI is InChI=1S/C8H14NO8P/c1-5(10)9-6(8(12)13)3-2-4-7(11)17-18(14,15)16/h6H,2-4H2,1H3,(H,9,10)(H,12,13)(H2,14,15,16). The molecule has 0 aromatic carbocycles. The predicted molar refractivity (Wildman–Crippen MR) is 57.2 cm³/mol. The molecule has 104 valence electrons. The number of carboxylic acid groups (broad SMARTS) is 1. The Bertz CT molecular complexity index is 375. The van der Waals surface area contributed by atoms with E-state index in [1.165, 1.54) is 0 Å². The van der Waals surface area contributed by atoms with E-state index in [1.54, 1.807) is 0 Å². The maximum Gasteiger partial charge on any atom is 0.526 e. The number of carboxylic acids is 1. The molecule has 0 aliphatic carbocycles. The summed E-state index contributed by atoms with van der Waals surface area (Å²) in [7, 11) is -4.86. The van der Waals surface area contributed by atoms with Gasteiger partial charge in [0.15, 0.2) is 0 Å². The van der Waals surface area contributed by atoms with Gasteiger partial charge in [-0.05, 0) is 12.8 Å². The van der Waals surface area contributed by atoms with Gasteiger partial charge in [0.05, 0.1) is 0 Å². The van der Waals surface area contributed by atoms with E-state index in [0.717, 1.165) is 6.92 Å². The van der Waals surface area contributed by atoms with Gasteiger partial charge in [-0.3, -0.25) is 19.4 Å². The molecular weight excluding hydrogens is 269 g/mol. The van der Waals surface area contributed by atoms with E-state index in [0.29, 0.717) is 0 Å². The topological polar surface area (TPSA) is 150 Å². The van der Waals surface area contributed by atoms with Crippen molar-refractivity contribution in [2.75, 3.05) is 0 Å². The van der Waals surface area contributed by atoms with Gasteiger partial charge in [-0.1, -0.05) is 0 Å². The number of rotatable bonds is 7. The maximum absolute atomic E-state index is 10.9. The van der Waals surface area contributed by atoms with Crippen LogP contribution < -0.4 is 5.32 Å². The minimum Gasteiger partial charge on any atom is -0.480 e. The van der Waals surface area contributed by atoms with Gasteiger partial charge in [-0.2, -0.15) is 0 Å². The Labute approximate surface area is 102 Å². The molecule has 0 aromatic heterocycles. The Morgan fingerprint density at radius 3 is 2.28 bits per heavy atom. The minimum atomic E-state index is -4.86. The number of phosphoric ester groups is 1. The smallest absolute Gasteiger partial charge is 0.480 e. The van der Waals surface area contributed by atoms with E-state index in [1.807, 2.05) is 0 Å². The van der Waals surface area contributed by atoms with Gasteiger partial charge in [-0.15, -0.1) is 0 Å². The Balaban J connectivity index is 4.07. The third-order valence-corrected chi connectivity index (χ3v) is 2.21. The van der Waals surface area contributed by atoms with Crippen LogP contribution in [-0.4, -0.2) is 38.8 Å². The molecule has 4 N–H and O–H groups in total. The molecule has 0 fully saturated rings. The predicted octanol–water partition coefficient (Wildman–Crippen LogP) is -0.618. The number of hydrogen-bond donors (Lipinski definition) is 4. The van der Waals surface area contributed by atoms with Crippen LogP contribution >= 0.6 is 7.82 Å². The van der Waals surface area contributed by atoms with Crippen molar-refractivity contribution in [2.45, 2.75) is 32.2 Å². The molecule has 0 saturated carbocycles. The number of aliphatic carboxylic acids is 1. The second-order valence-corrected chi connectivity index (χ2v) is 4.60. The molecule has 0 rings (SSSR count). The van der Waals surface area contributed by atoms with E-state index in [9.17, 15) is 18.9 Å². The maximum atomic E-state index is 10.9. The Morgan fingerprint density at radius 1 is 1.33 bits per heavy atom. The van der Waals surface area contributed by atoms with Crippen LogP contribution in [0.25, 0.3) is 0 Å². The van der Waals surface area contributed by atoms with Crippen LogP contribution in [-0.2, 0) is 23.5 Å². The molecule has 0 radical (unpaired) electrons. The molecule has 0 aliphatic rings. The van der Waals surface area contributed by atoms with Gasteiger partial charge in [-0.25, -0.2) is 9.36 Å². The van der Waals surface area contributed by atoms with Crippen LogP contribution in [0, 0.1) is 0 Å². The molecule has 0 saturated heterocycles. The molecule has 18 heavy (non-hydrogen) atoms.